The van der Waals surface area contributed by atoms with Gasteiger partial charge in [-0.25, -0.2) is 4.39 Å². The Hall–Kier alpha value is 0.440. The first-order valence-corrected chi connectivity index (χ1v) is 5.61. The number of hydrogen-bond donors (Lipinski definition) is 0. The zero-order chi connectivity index (χ0) is 9.40. The van der Waals surface area contributed by atoms with Gasteiger partial charge in [0.25, 0.3) is 0 Å². The lowest BCUT2D eigenvalue weighted by Crippen LogP contribution is -1.86. The van der Waals surface area contributed by atoms with Crippen molar-refractivity contribution in [1.82, 2.24) is 0 Å². The van der Waals surface area contributed by atoms with Gasteiger partial charge >= 0.3 is 0 Å². The van der Waals surface area contributed by atoms with E-state index >= 15 is 0 Å². The van der Waals surface area contributed by atoms with Crippen molar-refractivity contribution >= 4 is 27.5 Å². The van der Waals surface area contributed by atoms with Crippen LogP contribution in [0.4, 0.5) is 4.39 Å². The van der Waals surface area contributed by atoms with E-state index in [4.69, 9.17) is 11.6 Å². The molecule has 0 heterocycles. The molecule has 0 aliphatic rings. The van der Waals surface area contributed by atoms with E-state index in [1.807, 2.05) is 0 Å². The first-order valence-electron chi connectivity index (χ1n) is 4.32. The number of unbranched alkanes of at least 4 members (excludes halogenated alkanes) is 4. The highest BCUT2D eigenvalue weighted by molar-refractivity contribution is 9.09. The van der Waals surface area contributed by atoms with Crippen molar-refractivity contribution in [2.24, 2.45) is 0 Å². The standard InChI is InChI=1S/C9H15BrClF/c1-2-3-4-5-6-7-8(11)9(10)12/h7,9H,2-6H2,1H3. The average Bonchev–Trinajstić information content (AvgIpc) is 2.03. The third-order valence-corrected chi connectivity index (χ3v) is 2.71. The summed E-state index contributed by atoms with van der Waals surface area (Å²) in [5.41, 5.74) is 0. The summed E-state index contributed by atoms with van der Waals surface area (Å²) in [6.45, 7) is 2.17. The van der Waals surface area contributed by atoms with Gasteiger partial charge in [-0.15, -0.1) is 0 Å². The molecule has 1 atom stereocenters. The molecule has 0 spiro atoms. The van der Waals surface area contributed by atoms with Gasteiger partial charge in [-0.2, -0.15) is 0 Å². The summed E-state index contributed by atoms with van der Waals surface area (Å²) in [4.78, 5) is 0. The van der Waals surface area contributed by atoms with Crippen LogP contribution in [0.25, 0.3) is 0 Å². The van der Waals surface area contributed by atoms with Crippen LogP contribution in [0.2, 0.25) is 0 Å². The lowest BCUT2D eigenvalue weighted by Gasteiger charge is -1.98. The molecule has 0 aromatic carbocycles. The Morgan fingerprint density at radius 3 is 2.67 bits per heavy atom. The second-order valence-corrected chi connectivity index (χ2v) is 3.98. The molecule has 72 valence electrons. The molecule has 0 fully saturated rings. The Balaban J connectivity index is 3.34. The van der Waals surface area contributed by atoms with E-state index in [9.17, 15) is 4.39 Å². The third kappa shape index (κ3) is 7.11. The molecule has 0 radical (unpaired) electrons. The number of hydrogen-bond acceptors (Lipinski definition) is 0. The van der Waals surface area contributed by atoms with E-state index in [0.29, 0.717) is 0 Å². The van der Waals surface area contributed by atoms with Crippen LogP contribution in [0, 0.1) is 0 Å². The Labute approximate surface area is 87.3 Å². The highest BCUT2D eigenvalue weighted by atomic mass is 79.9. The predicted octanol–water partition coefficient (Wildman–Crippen LogP) is 4.77. The Morgan fingerprint density at radius 1 is 1.50 bits per heavy atom. The second-order valence-electron chi connectivity index (χ2n) is 2.74. The minimum absolute atomic E-state index is 0.270. The van der Waals surface area contributed by atoms with Gasteiger partial charge in [-0.1, -0.05) is 43.9 Å². The average molecular weight is 258 g/mol. The lowest BCUT2D eigenvalue weighted by molar-refractivity contribution is 0.521. The number of halogens is 3. The third-order valence-electron chi connectivity index (χ3n) is 1.61. The second kappa shape index (κ2) is 8.06. The summed E-state index contributed by atoms with van der Waals surface area (Å²) in [6.07, 6.45) is 7.40. The normalized spacial score (nSPS) is 14.8. The van der Waals surface area contributed by atoms with Crippen molar-refractivity contribution in [3.05, 3.63) is 11.1 Å². The summed E-state index contributed by atoms with van der Waals surface area (Å²) >= 11 is 8.32. The zero-order valence-electron chi connectivity index (χ0n) is 7.32. The molecule has 0 rings (SSSR count). The summed E-state index contributed by atoms with van der Waals surface area (Å²) in [5, 5.41) is -0.920. The van der Waals surface area contributed by atoms with Crippen molar-refractivity contribution in [2.45, 2.75) is 44.1 Å². The Bertz CT molecular complexity index is 134. The van der Waals surface area contributed by atoms with Gasteiger partial charge in [0.05, 0.1) is 5.03 Å². The van der Waals surface area contributed by atoms with Crippen LogP contribution in [-0.2, 0) is 0 Å². The molecule has 0 saturated carbocycles. The highest BCUT2D eigenvalue weighted by Gasteiger charge is 2.03. The quantitative estimate of drug-likeness (QED) is 0.475. The molecule has 0 aromatic rings. The minimum atomic E-state index is -1.19. The van der Waals surface area contributed by atoms with Gasteiger partial charge in [0.1, 0.15) is 0 Å². The number of allylic oxidation sites excluding steroid dienone is 2. The van der Waals surface area contributed by atoms with Gasteiger partial charge in [-0.05, 0) is 28.8 Å². The van der Waals surface area contributed by atoms with Crippen molar-refractivity contribution in [2.75, 3.05) is 0 Å². The fraction of sp³-hybridized carbons (Fsp3) is 0.778. The maximum atomic E-state index is 12.4. The van der Waals surface area contributed by atoms with Crippen LogP contribution in [0.15, 0.2) is 11.1 Å². The van der Waals surface area contributed by atoms with Gasteiger partial charge in [-0.3, -0.25) is 0 Å². The number of alkyl halides is 2. The van der Waals surface area contributed by atoms with Crippen molar-refractivity contribution in [3.8, 4) is 0 Å². The molecule has 0 amide bonds. The topological polar surface area (TPSA) is 0 Å². The van der Waals surface area contributed by atoms with Crippen LogP contribution in [0.1, 0.15) is 39.0 Å². The summed E-state index contributed by atoms with van der Waals surface area (Å²) in [5.74, 6) is 0. The minimum Gasteiger partial charge on any atom is -0.229 e. The van der Waals surface area contributed by atoms with E-state index in [1.165, 1.54) is 19.3 Å². The molecule has 12 heavy (non-hydrogen) atoms. The maximum Gasteiger partial charge on any atom is 0.190 e. The van der Waals surface area contributed by atoms with Crippen molar-refractivity contribution < 1.29 is 4.39 Å². The van der Waals surface area contributed by atoms with Gasteiger partial charge in [0, 0.05) is 0 Å². The van der Waals surface area contributed by atoms with Crippen LogP contribution in [-0.4, -0.2) is 5.08 Å². The molecule has 3 heteroatoms. The lowest BCUT2D eigenvalue weighted by atomic mass is 10.1. The Morgan fingerprint density at radius 2 is 2.17 bits per heavy atom. The SMILES string of the molecule is CCCCCCC=C(Cl)C(F)Br. The van der Waals surface area contributed by atoms with Crippen molar-refractivity contribution in [3.63, 3.8) is 0 Å². The molecule has 0 aliphatic heterocycles. The molecule has 0 saturated heterocycles. The van der Waals surface area contributed by atoms with E-state index < -0.39 is 5.08 Å². The van der Waals surface area contributed by atoms with E-state index in [-0.39, 0.29) is 5.03 Å². The van der Waals surface area contributed by atoms with Gasteiger partial charge in [0.2, 0.25) is 0 Å². The zero-order valence-corrected chi connectivity index (χ0v) is 9.67. The van der Waals surface area contributed by atoms with Crippen LogP contribution in [0.3, 0.4) is 0 Å². The van der Waals surface area contributed by atoms with Gasteiger partial charge < -0.3 is 0 Å². The molecule has 0 nitrogen and oxygen atoms in total. The molecule has 0 aliphatic carbocycles. The summed E-state index contributed by atoms with van der Waals surface area (Å²) in [7, 11) is 0. The molecule has 0 aromatic heterocycles. The van der Waals surface area contributed by atoms with E-state index in [0.717, 1.165) is 12.8 Å². The monoisotopic (exact) mass is 256 g/mol. The fourth-order valence-corrected chi connectivity index (χ4v) is 1.20. The predicted molar refractivity (Wildman–Crippen MR) is 56.5 cm³/mol. The number of rotatable bonds is 6. The maximum absolute atomic E-state index is 12.4. The van der Waals surface area contributed by atoms with E-state index in [1.54, 1.807) is 6.08 Å². The molecule has 0 N–H and O–H groups in total. The Kier molecular flexibility index (Phi) is 8.35. The molecule has 1 unspecified atom stereocenters. The highest BCUT2D eigenvalue weighted by Crippen LogP contribution is 2.18. The van der Waals surface area contributed by atoms with E-state index in [2.05, 4.69) is 22.9 Å². The van der Waals surface area contributed by atoms with Crippen molar-refractivity contribution in [1.29, 1.82) is 0 Å². The largest absolute Gasteiger partial charge is 0.229 e. The fourth-order valence-electron chi connectivity index (χ4n) is 0.900. The van der Waals surface area contributed by atoms with Crippen LogP contribution >= 0.6 is 27.5 Å². The smallest absolute Gasteiger partial charge is 0.190 e. The summed E-state index contributed by atoms with van der Waals surface area (Å²) in [6, 6.07) is 0. The van der Waals surface area contributed by atoms with Gasteiger partial charge in [0.15, 0.2) is 5.08 Å². The first kappa shape index (κ1) is 12.4. The van der Waals surface area contributed by atoms with Crippen LogP contribution in [0.5, 0.6) is 0 Å². The first-order chi connectivity index (χ1) is 5.68. The molecular weight excluding hydrogens is 242 g/mol. The van der Waals surface area contributed by atoms with Crippen LogP contribution < -0.4 is 0 Å². The summed E-state index contributed by atoms with van der Waals surface area (Å²) < 4.78 is 12.4. The molecule has 0 bridgehead atoms. The molecular formula is C9H15BrClF.